The quantitative estimate of drug-likeness (QED) is 0.353. The average molecular weight is 449 g/mol. The van der Waals surface area contributed by atoms with Gasteiger partial charge in [-0.15, -0.1) is 0 Å². The summed E-state index contributed by atoms with van der Waals surface area (Å²) in [7, 11) is -3.40. The van der Waals surface area contributed by atoms with E-state index in [0.717, 1.165) is 5.37 Å². The molecular formula is C24H20N2O5S. The molecule has 8 heteroatoms. The van der Waals surface area contributed by atoms with Crippen LogP contribution in [0.4, 0.5) is 0 Å². The monoisotopic (exact) mass is 448 g/mol. The number of carbonyl (C=O) groups excluding carboxylic acids is 2. The van der Waals surface area contributed by atoms with E-state index in [1.54, 1.807) is 49.4 Å². The zero-order valence-corrected chi connectivity index (χ0v) is 18.0. The first kappa shape index (κ1) is 22.6. The maximum atomic E-state index is 13.5. The van der Waals surface area contributed by atoms with Gasteiger partial charge in [0, 0.05) is 23.5 Å². The molecule has 0 saturated carbocycles. The Bertz CT molecular complexity index is 1320. The van der Waals surface area contributed by atoms with Crippen molar-refractivity contribution in [2.75, 3.05) is 6.61 Å². The van der Waals surface area contributed by atoms with Gasteiger partial charge in [0.05, 0.1) is 32.1 Å². The summed E-state index contributed by atoms with van der Waals surface area (Å²) in [4.78, 5) is 29.1. The van der Waals surface area contributed by atoms with Gasteiger partial charge in [0.2, 0.25) is 0 Å². The number of nitrogens with one attached hydrogen (secondary N) is 1. The van der Waals surface area contributed by atoms with Crippen molar-refractivity contribution in [3.05, 3.63) is 89.7 Å². The van der Waals surface area contributed by atoms with Gasteiger partial charge >= 0.3 is 5.97 Å². The van der Waals surface area contributed by atoms with Gasteiger partial charge in [0.15, 0.2) is 0 Å². The van der Waals surface area contributed by atoms with Gasteiger partial charge in [0.25, 0.3) is 5.91 Å². The number of pyridine rings is 1. The number of aromatic nitrogens is 1. The number of phenols is 1. The molecule has 7 nitrogen and oxygen atoms in total. The molecule has 2 N–H and O–H groups in total. The molecule has 0 saturated heterocycles. The van der Waals surface area contributed by atoms with Gasteiger partial charge < -0.3 is 9.84 Å². The van der Waals surface area contributed by atoms with Crippen LogP contribution in [-0.4, -0.2) is 38.2 Å². The molecule has 1 amide bonds. The van der Waals surface area contributed by atoms with Gasteiger partial charge in [0.1, 0.15) is 5.75 Å². The maximum absolute atomic E-state index is 13.5. The van der Waals surface area contributed by atoms with Crippen molar-refractivity contribution < 1.29 is 23.6 Å². The molecule has 0 aliphatic rings. The Labute approximate surface area is 186 Å². The largest absolute Gasteiger partial charge is 0.508 e. The van der Waals surface area contributed by atoms with Crippen molar-refractivity contribution in [2.45, 2.75) is 11.8 Å². The normalized spacial score (nSPS) is 11.9. The number of phenolic OH excluding ortho intramolecular Hbond substituents is 1. The predicted octanol–water partition coefficient (Wildman–Crippen LogP) is 2.54. The van der Waals surface area contributed by atoms with Crippen LogP contribution in [0.2, 0.25) is 0 Å². The highest BCUT2D eigenvalue weighted by molar-refractivity contribution is 8.01. The van der Waals surface area contributed by atoms with Crippen molar-refractivity contribution in [1.29, 1.82) is 0 Å². The number of ether oxygens (including phenoxy) is 1. The van der Waals surface area contributed by atoms with Crippen LogP contribution in [0.1, 0.15) is 28.4 Å². The van der Waals surface area contributed by atoms with E-state index >= 15 is 0 Å². The molecule has 0 radical (unpaired) electrons. The number of rotatable bonds is 5. The third-order valence-corrected chi connectivity index (χ3v) is 6.07. The van der Waals surface area contributed by atoms with E-state index in [1.807, 2.05) is 0 Å². The third-order valence-electron chi connectivity index (χ3n) is 4.08. The summed E-state index contributed by atoms with van der Waals surface area (Å²) >= 11 is 0. The molecule has 0 aliphatic heterocycles. The van der Waals surface area contributed by atoms with Crippen molar-refractivity contribution in [3.63, 3.8) is 0 Å². The number of benzene rings is 2. The van der Waals surface area contributed by atoms with Crippen LogP contribution in [0.25, 0.3) is 0 Å². The Morgan fingerprint density at radius 2 is 1.81 bits per heavy atom. The molecule has 32 heavy (non-hydrogen) atoms. The second-order valence-electron chi connectivity index (χ2n) is 6.48. The van der Waals surface area contributed by atoms with Crippen LogP contribution in [-0.2, 0) is 19.2 Å². The predicted molar refractivity (Wildman–Crippen MR) is 121 cm³/mol. The zero-order chi connectivity index (χ0) is 23.0. The van der Waals surface area contributed by atoms with Gasteiger partial charge in [-0.1, -0.05) is 36.1 Å². The number of amides is 1. The minimum absolute atomic E-state index is 0.0941. The number of hydrogen-bond donors (Lipinski definition) is 2. The fraction of sp³-hybridized carbons (Fsp3) is 0.0833. The molecule has 0 fully saturated rings. The summed E-state index contributed by atoms with van der Waals surface area (Å²) < 4.78 is 20.8. The standard InChI is InChI=1S/C24H20N2O5S/c1-2-31-23(28)17-32(30,22-9-4-3-5-10-22)26-24(29)20-13-19(15-25-16-20)12-11-18-7-6-8-21(27)14-18/h3-10,13-17,27H,2H2,1H3,(H,26,29,30). The number of hydrogen-bond acceptors (Lipinski definition) is 6. The number of carbonyl (C=O) groups is 2. The molecule has 1 aromatic heterocycles. The van der Waals surface area contributed by atoms with E-state index in [0.29, 0.717) is 11.1 Å². The first-order valence-corrected chi connectivity index (χ1v) is 11.2. The van der Waals surface area contributed by atoms with Crippen LogP contribution >= 0.6 is 0 Å². The summed E-state index contributed by atoms with van der Waals surface area (Å²) in [6.07, 6.45) is 2.79. The molecule has 0 spiro atoms. The minimum atomic E-state index is -3.40. The van der Waals surface area contributed by atoms with E-state index in [1.165, 1.54) is 30.6 Å². The fourth-order valence-electron chi connectivity index (χ4n) is 2.65. The molecule has 0 bridgehead atoms. The molecule has 1 heterocycles. The molecule has 1 unspecified atom stereocenters. The van der Waals surface area contributed by atoms with E-state index in [9.17, 15) is 18.9 Å². The van der Waals surface area contributed by atoms with Gasteiger partial charge in [-0.2, -0.15) is 0 Å². The summed E-state index contributed by atoms with van der Waals surface area (Å²) in [6.45, 7) is 1.74. The fourth-order valence-corrected chi connectivity index (χ4v) is 4.25. The van der Waals surface area contributed by atoms with Crippen molar-refractivity contribution in [2.24, 2.45) is 0 Å². The lowest BCUT2D eigenvalue weighted by atomic mass is 10.1. The summed E-state index contributed by atoms with van der Waals surface area (Å²) in [5.74, 6) is 4.35. The smallest absolute Gasteiger partial charge is 0.340 e. The Morgan fingerprint density at radius 3 is 2.53 bits per heavy atom. The minimum Gasteiger partial charge on any atom is -0.508 e. The summed E-state index contributed by atoms with van der Waals surface area (Å²) in [5, 5.41) is 10.4. The number of nitrogens with zero attached hydrogens (tertiary/aromatic N) is 1. The SMILES string of the molecule is CCOC(=O)C=S(=O)(NC(=O)c1cncc(C#Cc2cccc(O)c2)c1)c1ccccc1. The maximum Gasteiger partial charge on any atom is 0.340 e. The van der Waals surface area contributed by atoms with Crippen LogP contribution in [0.3, 0.4) is 0 Å². The molecular weight excluding hydrogens is 428 g/mol. The lowest BCUT2D eigenvalue weighted by Crippen LogP contribution is -2.34. The van der Waals surface area contributed by atoms with Gasteiger partial charge in [-0.3, -0.25) is 14.5 Å². The Balaban J connectivity index is 1.90. The first-order valence-electron chi connectivity index (χ1n) is 9.58. The van der Waals surface area contributed by atoms with Crippen molar-refractivity contribution in [3.8, 4) is 17.6 Å². The summed E-state index contributed by atoms with van der Waals surface area (Å²) in [5.41, 5.74) is 1.16. The van der Waals surface area contributed by atoms with Crippen LogP contribution in [0.15, 0.2) is 78.0 Å². The second kappa shape index (κ2) is 10.3. The topological polar surface area (TPSA) is 106 Å². The van der Waals surface area contributed by atoms with E-state index < -0.39 is 21.6 Å². The molecule has 162 valence electrons. The second-order valence-corrected chi connectivity index (χ2v) is 8.59. The molecule has 3 aromatic rings. The van der Waals surface area contributed by atoms with Crippen molar-refractivity contribution >= 4 is 27.0 Å². The molecule has 0 aliphatic carbocycles. The number of esters is 1. The first-order chi connectivity index (χ1) is 15.4. The highest BCUT2D eigenvalue weighted by atomic mass is 32.2. The Kier molecular flexibility index (Phi) is 7.26. The highest BCUT2D eigenvalue weighted by Gasteiger charge is 2.18. The van der Waals surface area contributed by atoms with Crippen molar-refractivity contribution in [1.82, 2.24) is 9.71 Å². The lowest BCUT2D eigenvalue weighted by molar-refractivity contribution is -0.134. The zero-order valence-electron chi connectivity index (χ0n) is 17.1. The average Bonchev–Trinajstić information content (AvgIpc) is 2.78. The van der Waals surface area contributed by atoms with Crippen LogP contribution in [0.5, 0.6) is 5.75 Å². The number of aromatic hydroxyl groups is 1. The molecule has 1 atom stereocenters. The molecule has 3 rings (SSSR count). The highest BCUT2D eigenvalue weighted by Crippen LogP contribution is 2.12. The van der Waals surface area contributed by atoms with Gasteiger partial charge in [-0.25, -0.2) is 9.00 Å². The van der Waals surface area contributed by atoms with Crippen LogP contribution in [0, 0.1) is 11.8 Å². The lowest BCUT2D eigenvalue weighted by Gasteiger charge is -2.13. The van der Waals surface area contributed by atoms with Gasteiger partial charge in [-0.05, 0) is 43.3 Å². The Hall–Kier alpha value is -4.09. The summed E-state index contributed by atoms with van der Waals surface area (Å²) in [6, 6.07) is 16.1. The van der Waals surface area contributed by atoms with E-state index in [-0.39, 0.29) is 22.8 Å². The molecule has 2 aromatic carbocycles. The van der Waals surface area contributed by atoms with E-state index in [4.69, 9.17) is 4.74 Å². The Morgan fingerprint density at radius 1 is 1.06 bits per heavy atom. The third kappa shape index (κ3) is 5.97. The van der Waals surface area contributed by atoms with E-state index in [2.05, 4.69) is 21.5 Å². The van der Waals surface area contributed by atoms with Crippen LogP contribution < -0.4 is 4.72 Å².